The lowest BCUT2D eigenvalue weighted by Crippen LogP contribution is -2.38. The van der Waals surface area contributed by atoms with Crippen LogP contribution in [0.3, 0.4) is 0 Å². The highest BCUT2D eigenvalue weighted by molar-refractivity contribution is 5.93. The molecule has 0 radical (unpaired) electrons. The summed E-state index contributed by atoms with van der Waals surface area (Å²) in [4.78, 5) is 20.1. The fraction of sp³-hybridized carbons (Fsp3) is 0.235. The first kappa shape index (κ1) is 16.8. The Labute approximate surface area is 141 Å². The second kappa shape index (κ2) is 6.46. The first-order valence-electron chi connectivity index (χ1n) is 7.41. The molecule has 3 rings (SSSR count). The lowest BCUT2D eigenvalue weighted by Gasteiger charge is -2.14. The Morgan fingerprint density at radius 1 is 1.04 bits per heavy atom. The van der Waals surface area contributed by atoms with Crippen LogP contribution in [0.5, 0.6) is 11.5 Å². The molecule has 1 amide bonds. The molecule has 0 saturated carbocycles. The zero-order chi connectivity index (χ0) is 18.1. The van der Waals surface area contributed by atoms with Crippen LogP contribution in [-0.4, -0.2) is 33.2 Å². The number of rotatable bonds is 4. The molecule has 1 aliphatic heterocycles. The number of amides is 1. The molecule has 130 valence electrons. The molecule has 0 aliphatic carbocycles. The van der Waals surface area contributed by atoms with Crippen molar-refractivity contribution in [3.05, 3.63) is 46.1 Å². The molecule has 1 aliphatic rings. The van der Waals surface area contributed by atoms with Crippen molar-refractivity contribution in [1.29, 1.82) is 0 Å². The highest BCUT2D eigenvalue weighted by atomic mass is 19.1. The number of halogens is 2. The fourth-order valence-electron chi connectivity index (χ4n) is 2.75. The zero-order valence-electron chi connectivity index (χ0n) is 13.6. The van der Waals surface area contributed by atoms with E-state index >= 15 is 0 Å². The fourth-order valence-corrected chi connectivity index (χ4v) is 2.75. The summed E-state index contributed by atoms with van der Waals surface area (Å²) in [6.45, 7) is 0.704. The first-order valence-corrected chi connectivity index (χ1v) is 7.41. The molecule has 0 bridgehead atoms. The summed E-state index contributed by atoms with van der Waals surface area (Å²) in [6.07, 6.45) is 0. The van der Waals surface area contributed by atoms with Gasteiger partial charge in [0.1, 0.15) is 0 Å². The summed E-state index contributed by atoms with van der Waals surface area (Å²) in [5.41, 5.74) is 5.29. The maximum absolute atomic E-state index is 14.8. The van der Waals surface area contributed by atoms with Crippen molar-refractivity contribution in [2.45, 2.75) is 0 Å². The number of hydrogen-bond donors (Lipinski definition) is 1. The molecule has 0 unspecified atom stereocenters. The number of ether oxygens (including phenoxy) is 2. The van der Waals surface area contributed by atoms with Gasteiger partial charge in [-0.05, 0) is 6.07 Å². The second-order valence-electron chi connectivity index (χ2n) is 5.27. The Balaban J connectivity index is 2.42. The molecule has 6 nitrogen and oxygen atoms in total. The number of hydrogen-bond acceptors (Lipinski definition) is 5. The predicted molar refractivity (Wildman–Crippen MR) is 85.5 cm³/mol. The number of fused-ring (bicyclic) bond motifs is 1. The molecule has 0 aromatic heterocycles. The summed E-state index contributed by atoms with van der Waals surface area (Å²) < 4.78 is 39.5. The summed E-state index contributed by atoms with van der Waals surface area (Å²) in [5, 5.41) is 0.451. The highest BCUT2D eigenvalue weighted by Crippen LogP contribution is 2.36. The molecule has 0 atom stereocenters. The van der Waals surface area contributed by atoms with Crippen LogP contribution in [-0.2, 0) is 0 Å². The van der Waals surface area contributed by atoms with Crippen LogP contribution >= 0.6 is 0 Å². The molecular weight excluding hydrogens is 332 g/mol. The van der Waals surface area contributed by atoms with Crippen molar-refractivity contribution < 1.29 is 23.0 Å². The molecule has 2 N–H and O–H groups in total. The van der Waals surface area contributed by atoms with Crippen LogP contribution in [0.25, 0.3) is 11.1 Å². The van der Waals surface area contributed by atoms with Crippen molar-refractivity contribution in [3.8, 4) is 22.6 Å². The number of benzene rings is 2. The van der Waals surface area contributed by atoms with E-state index in [1.54, 1.807) is 0 Å². The summed E-state index contributed by atoms with van der Waals surface area (Å²) in [5.74, 6) is -2.82. The van der Waals surface area contributed by atoms with E-state index in [9.17, 15) is 13.6 Å². The topological polar surface area (TPSA) is 86.3 Å². The van der Waals surface area contributed by atoms with Crippen LogP contribution in [0.15, 0.2) is 28.2 Å². The number of nitrogens with zero attached hydrogens (tertiary/aromatic N) is 2. The van der Waals surface area contributed by atoms with E-state index in [2.05, 4.69) is 9.98 Å². The summed E-state index contributed by atoms with van der Waals surface area (Å²) in [7, 11) is 2.54. The van der Waals surface area contributed by atoms with E-state index in [0.29, 0.717) is 13.1 Å². The van der Waals surface area contributed by atoms with Crippen molar-refractivity contribution in [2.24, 2.45) is 15.7 Å². The largest absolute Gasteiger partial charge is 0.494 e. The number of carbonyl (C=O) groups excluding carboxylic acids is 1. The minimum absolute atomic E-state index is 0.149. The molecule has 2 aromatic carbocycles. The predicted octanol–water partition coefficient (Wildman–Crippen LogP) is 1.00. The molecule has 0 spiro atoms. The SMILES string of the molecule is COc1cc(OC)c(F)c(-c2ccc(C(N)=O)c3c2=NCCN=3)c1F. The third kappa shape index (κ3) is 2.69. The molecule has 1 heterocycles. The van der Waals surface area contributed by atoms with Gasteiger partial charge in [-0.25, -0.2) is 8.78 Å². The van der Waals surface area contributed by atoms with E-state index in [1.165, 1.54) is 26.4 Å². The Bertz CT molecular complexity index is 962. The van der Waals surface area contributed by atoms with Gasteiger partial charge in [-0.2, -0.15) is 0 Å². The minimum atomic E-state index is -0.893. The van der Waals surface area contributed by atoms with Gasteiger partial charge in [-0.1, -0.05) is 6.07 Å². The van der Waals surface area contributed by atoms with Gasteiger partial charge in [0.25, 0.3) is 5.91 Å². The van der Waals surface area contributed by atoms with Gasteiger partial charge in [0.15, 0.2) is 23.1 Å². The van der Waals surface area contributed by atoms with E-state index < -0.39 is 17.5 Å². The van der Waals surface area contributed by atoms with Gasteiger partial charge in [0.05, 0.1) is 49.2 Å². The van der Waals surface area contributed by atoms with Crippen molar-refractivity contribution >= 4 is 5.91 Å². The van der Waals surface area contributed by atoms with Crippen molar-refractivity contribution in [2.75, 3.05) is 27.3 Å². The highest BCUT2D eigenvalue weighted by Gasteiger charge is 2.24. The Kier molecular flexibility index (Phi) is 4.35. The van der Waals surface area contributed by atoms with Gasteiger partial charge in [-0.3, -0.25) is 14.8 Å². The van der Waals surface area contributed by atoms with Gasteiger partial charge in [0.2, 0.25) is 0 Å². The van der Waals surface area contributed by atoms with Gasteiger partial charge < -0.3 is 15.2 Å². The summed E-state index contributed by atoms with van der Waals surface area (Å²) >= 11 is 0. The van der Waals surface area contributed by atoms with Crippen molar-refractivity contribution in [1.82, 2.24) is 0 Å². The van der Waals surface area contributed by atoms with E-state index in [1.807, 2.05) is 0 Å². The average molecular weight is 347 g/mol. The maximum Gasteiger partial charge on any atom is 0.250 e. The van der Waals surface area contributed by atoms with Crippen LogP contribution in [0.1, 0.15) is 10.4 Å². The van der Waals surface area contributed by atoms with Crippen molar-refractivity contribution in [3.63, 3.8) is 0 Å². The van der Waals surface area contributed by atoms with Crippen LogP contribution in [0.4, 0.5) is 8.78 Å². The molecule has 0 saturated heterocycles. The molecule has 8 heteroatoms. The molecule has 25 heavy (non-hydrogen) atoms. The minimum Gasteiger partial charge on any atom is -0.494 e. The maximum atomic E-state index is 14.8. The quantitative estimate of drug-likeness (QED) is 0.895. The lowest BCUT2D eigenvalue weighted by molar-refractivity contribution is 0.0999. The van der Waals surface area contributed by atoms with Gasteiger partial charge >= 0.3 is 0 Å². The lowest BCUT2D eigenvalue weighted by atomic mass is 9.99. The number of nitrogens with two attached hydrogens (primary N) is 1. The van der Waals surface area contributed by atoms with E-state index in [0.717, 1.165) is 6.07 Å². The Morgan fingerprint density at radius 3 is 2.12 bits per heavy atom. The first-order chi connectivity index (χ1) is 12.0. The van der Waals surface area contributed by atoms with Crippen LogP contribution in [0, 0.1) is 11.6 Å². The number of carbonyl (C=O) groups is 1. The average Bonchev–Trinajstić information content (AvgIpc) is 2.62. The normalized spacial score (nSPS) is 12.6. The van der Waals surface area contributed by atoms with Gasteiger partial charge in [0, 0.05) is 11.6 Å². The second-order valence-corrected chi connectivity index (χ2v) is 5.27. The molecular formula is C17H15F2N3O3. The zero-order valence-corrected chi connectivity index (χ0v) is 13.6. The van der Waals surface area contributed by atoms with Crippen LogP contribution < -0.4 is 25.9 Å². The third-order valence-corrected chi connectivity index (χ3v) is 3.90. The molecule has 2 aromatic rings. The Morgan fingerprint density at radius 2 is 1.60 bits per heavy atom. The van der Waals surface area contributed by atoms with E-state index in [-0.39, 0.29) is 38.9 Å². The smallest absolute Gasteiger partial charge is 0.250 e. The number of methoxy groups -OCH3 is 2. The molecule has 0 fully saturated rings. The number of primary amides is 1. The van der Waals surface area contributed by atoms with Gasteiger partial charge in [-0.15, -0.1) is 0 Å². The van der Waals surface area contributed by atoms with Crippen LogP contribution in [0.2, 0.25) is 0 Å². The van der Waals surface area contributed by atoms with E-state index in [4.69, 9.17) is 15.2 Å². The standard InChI is InChI=1S/C17H15F2N3O3/c1-24-10-7-11(25-2)14(19)12(13(10)18)8-3-4-9(17(20)23)16-15(8)21-5-6-22-16/h3-4,7H,5-6H2,1-2H3,(H2,20,23). The third-order valence-electron chi connectivity index (χ3n) is 3.90. The summed E-state index contributed by atoms with van der Waals surface area (Å²) in [6, 6.07) is 3.90. The Hall–Kier alpha value is -3.03. The monoisotopic (exact) mass is 347 g/mol.